The van der Waals surface area contributed by atoms with E-state index in [0.717, 1.165) is 5.56 Å². The monoisotopic (exact) mass is 299 g/mol. The van der Waals surface area contributed by atoms with Crippen molar-refractivity contribution in [1.82, 2.24) is 5.09 Å². The van der Waals surface area contributed by atoms with Gasteiger partial charge in [-0.2, -0.15) is 0 Å². The number of carbonyl (C=O) groups is 1. The molecule has 7 heteroatoms. The van der Waals surface area contributed by atoms with Crippen LogP contribution in [0.1, 0.15) is 12.5 Å². The molecule has 1 aromatic carbocycles. The molecule has 1 saturated heterocycles. The Balaban J connectivity index is 1.92. The van der Waals surface area contributed by atoms with E-state index in [1.54, 1.807) is 6.92 Å². The minimum atomic E-state index is -3.37. The lowest BCUT2D eigenvalue weighted by atomic mass is 9.93. The summed E-state index contributed by atoms with van der Waals surface area (Å²) >= 11 is 0. The van der Waals surface area contributed by atoms with Gasteiger partial charge in [-0.05, 0) is 12.5 Å². The van der Waals surface area contributed by atoms with Gasteiger partial charge >= 0.3 is 13.7 Å². The van der Waals surface area contributed by atoms with Gasteiger partial charge < -0.3 is 4.74 Å². The quantitative estimate of drug-likeness (QED) is 0.678. The van der Waals surface area contributed by atoms with E-state index in [-0.39, 0.29) is 13.2 Å². The molecule has 0 radical (unpaired) electrons. The van der Waals surface area contributed by atoms with Crippen molar-refractivity contribution in [2.75, 3.05) is 20.3 Å². The fraction of sp³-hybridized carbons (Fsp3) is 0.462. The average Bonchev–Trinajstić information content (AvgIpc) is 2.49. The molecule has 1 heterocycles. The number of hydrogen-bond acceptors (Lipinski definition) is 5. The van der Waals surface area contributed by atoms with Crippen LogP contribution in [0.4, 0.5) is 0 Å². The van der Waals surface area contributed by atoms with E-state index in [9.17, 15) is 9.36 Å². The molecule has 0 spiro atoms. The highest BCUT2D eigenvalue weighted by atomic mass is 31.2. The van der Waals surface area contributed by atoms with Gasteiger partial charge in [0.2, 0.25) is 0 Å². The van der Waals surface area contributed by atoms with Gasteiger partial charge in [-0.3, -0.25) is 13.8 Å². The van der Waals surface area contributed by atoms with Crippen molar-refractivity contribution in [3.63, 3.8) is 0 Å². The van der Waals surface area contributed by atoms with Crippen molar-refractivity contribution in [2.24, 2.45) is 5.41 Å². The second-order valence-electron chi connectivity index (χ2n) is 4.92. The fourth-order valence-electron chi connectivity index (χ4n) is 1.77. The molecule has 1 aliphatic rings. The highest BCUT2D eigenvalue weighted by Crippen LogP contribution is 2.50. The Morgan fingerprint density at radius 3 is 2.50 bits per heavy atom. The van der Waals surface area contributed by atoms with Crippen LogP contribution in [0.2, 0.25) is 0 Å². The molecular weight excluding hydrogens is 281 g/mol. The molecule has 0 amide bonds. The van der Waals surface area contributed by atoms with E-state index in [1.165, 1.54) is 7.11 Å². The minimum absolute atomic E-state index is 0.00125. The second kappa shape index (κ2) is 6.06. The molecule has 110 valence electrons. The van der Waals surface area contributed by atoms with Gasteiger partial charge in [-0.1, -0.05) is 30.3 Å². The molecule has 0 saturated carbocycles. The smallest absolute Gasteiger partial charge is 0.405 e. The first-order valence-electron chi connectivity index (χ1n) is 6.24. The largest absolute Gasteiger partial charge is 0.468 e. The predicted octanol–water partition coefficient (Wildman–Crippen LogP) is 2.11. The maximum atomic E-state index is 12.3. The van der Waals surface area contributed by atoms with Crippen LogP contribution in [0.25, 0.3) is 0 Å². The van der Waals surface area contributed by atoms with Crippen LogP contribution in [0.5, 0.6) is 0 Å². The van der Waals surface area contributed by atoms with Crippen LogP contribution in [0.3, 0.4) is 0 Å². The van der Waals surface area contributed by atoms with Gasteiger partial charge in [-0.25, -0.2) is 9.65 Å². The Morgan fingerprint density at radius 2 is 1.95 bits per heavy atom. The third-order valence-electron chi connectivity index (χ3n) is 3.10. The van der Waals surface area contributed by atoms with E-state index in [0.29, 0.717) is 6.54 Å². The zero-order valence-corrected chi connectivity index (χ0v) is 12.4. The summed E-state index contributed by atoms with van der Waals surface area (Å²) in [5.74, 6) is -0.438. The highest BCUT2D eigenvalue weighted by Gasteiger charge is 2.44. The van der Waals surface area contributed by atoms with Gasteiger partial charge in [0.15, 0.2) is 0 Å². The summed E-state index contributed by atoms with van der Waals surface area (Å²) in [6.45, 7) is 2.02. The Hall–Kier alpha value is -1.20. The van der Waals surface area contributed by atoms with E-state index in [1.807, 2.05) is 30.3 Å². The van der Waals surface area contributed by atoms with Gasteiger partial charge in [-0.15, -0.1) is 0 Å². The number of rotatable bonds is 4. The summed E-state index contributed by atoms with van der Waals surface area (Å²) in [5, 5.41) is 2.77. The first kappa shape index (κ1) is 15.2. The molecule has 0 bridgehead atoms. The molecule has 1 aromatic rings. The van der Waals surface area contributed by atoms with Crippen LogP contribution >= 0.6 is 7.75 Å². The molecule has 1 fully saturated rings. The topological polar surface area (TPSA) is 73.9 Å². The summed E-state index contributed by atoms with van der Waals surface area (Å²) in [6.07, 6.45) is 0. The summed E-state index contributed by atoms with van der Waals surface area (Å²) in [4.78, 5) is 11.6. The second-order valence-corrected chi connectivity index (χ2v) is 6.74. The van der Waals surface area contributed by atoms with E-state index < -0.39 is 19.1 Å². The molecule has 20 heavy (non-hydrogen) atoms. The van der Waals surface area contributed by atoms with Crippen molar-refractivity contribution >= 4 is 13.7 Å². The predicted molar refractivity (Wildman–Crippen MR) is 72.9 cm³/mol. The van der Waals surface area contributed by atoms with Crippen LogP contribution in [-0.2, 0) is 29.7 Å². The standard InChI is InChI=1S/C13H18NO5P/c1-13(12(15)17-2)9-18-20(16,19-10-13)14-8-11-6-4-3-5-7-11/h3-7H,8-10H2,1-2H3,(H,14,16). The van der Waals surface area contributed by atoms with Crippen LogP contribution in [-0.4, -0.2) is 26.3 Å². The summed E-state index contributed by atoms with van der Waals surface area (Å²) in [6, 6.07) is 9.50. The van der Waals surface area contributed by atoms with Crippen molar-refractivity contribution in [3.8, 4) is 0 Å². The highest BCUT2D eigenvalue weighted by molar-refractivity contribution is 7.51. The van der Waals surface area contributed by atoms with Crippen LogP contribution in [0, 0.1) is 5.41 Å². The van der Waals surface area contributed by atoms with Gasteiger partial charge in [0.1, 0.15) is 5.41 Å². The average molecular weight is 299 g/mol. The number of nitrogens with one attached hydrogen (secondary N) is 1. The summed E-state index contributed by atoms with van der Waals surface area (Å²) in [5.41, 5.74) is 0.0492. The SMILES string of the molecule is COC(=O)C1(C)COP(=O)(NCc2ccccc2)OC1. The lowest BCUT2D eigenvalue weighted by Crippen LogP contribution is -2.42. The third kappa shape index (κ3) is 3.46. The number of ether oxygens (including phenoxy) is 1. The Labute approximate surface area is 118 Å². The van der Waals surface area contributed by atoms with Gasteiger partial charge in [0.05, 0.1) is 20.3 Å². The number of methoxy groups -OCH3 is 1. The number of hydrogen-bond donors (Lipinski definition) is 1. The Kier molecular flexibility index (Phi) is 4.60. The fourth-order valence-corrected chi connectivity index (χ4v) is 3.32. The molecule has 0 aromatic heterocycles. The lowest BCUT2D eigenvalue weighted by molar-refractivity contribution is -0.158. The third-order valence-corrected chi connectivity index (χ3v) is 4.59. The minimum Gasteiger partial charge on any atom is -0.468 e. The normalized spacial score (nSPS) is 29.9. The Morgan fingerprint density at radius 1 is 1.35 bits per heavy atom. The molecule has 0 atom stereocenters. The zero-order chi connectivity index (χ0) is 14.6. The number of carbonyl (C=O) groups excluding carboxylic acids is 1. The molecule has 1 N–H and O–H groups in total. The van der Waals surface area contributed by atoms with E-state index in [2.05, 4.69) is 9.82 Å². The molecule has 2 rings (SSSR count). The maximum absolute atomic E-state index is 12.3. The van der Waals surface area contributed by atoms with Gasteiger partial charge in [0.25, 0.3) is 0 Å². The summed E-state index contributed by atoms with van der Waals surface area (Å²) in [7, 11) is -2.07. The zero-order valence-electron chi connectivity index (χ0n) is 11.5. The first-order chi connectivity index (χ1) is 9.47. The van der Waals surface area contributed by atoms with Crippen molar-refractivity contribution in [3.05, 3.63) is 35.9 Å². The molecule has 6 nitrogen and oxygen atoms in total. The Bertz CT molecular complexity index is 507. The van der Waals surface area contributed by atoms with Gasteiger partial charge in [0, 0.05) is 6.54 Å². The van der Waals surface area contributed by atoms with Crippen molar-refractivity contribution in [2.45, 2.75) is 13.5 Å². The van der Waals surface area contributed by atoms with Crippen LogP contribution < -0.4 is 5.09 Å². The van der Waals surface area contributed by atoms with E-state index >= 15 is 0 Å². The number of esters is 1. The van der Waals surface area contributed by atoms with Crippen molar-refractivity contribution in [1.29, 1.82) is 0 Å². The molecule has 0 unspecified atom stereocenters. The molecule has 0 aliphatic carbocycles. The molecule has 1 aliphatic heterocycles. The van der Waals surface area contributed by atoms with E-state index in [4.69, 9.17) is 9.05 Å². The van der Waals surface area contributed by atoms with Crippen molar-refractivity contribution < 1.29 is 23.1 Å². The lowest BCUT2D eigenvalue weighted by Gasteiger charge is -2.34. The maximum Gasteiger partial charge on any atom is 0.405 e. The first-order valence-corrected chi connectivity index (χ1v) is 7.78. The summed E-state index contributed by atoms with van der Waals surface area (Å²) < 4.78 is 27.5. The number of benzene rings is 1. The molecular formula is C13H18NO5P. The van der Waals surface area contributed by atoms with Crippen LogP contribution in [0.15, 0.2) is 30.3 Å².